The van der Waals surface area contributed by atoms with Crippen molar-refractivity contribution >= 4 is 6.08 Å². The molecule has 0 unspecified atom stereocenters. The van der Waals surface area contributed by atoms with E-state index in [1.54, 1.807) is 13.2 Å². The van der Waals surface area contributed by atoms with Crippen molar-refractivity contribution in [2.75, 3.05) is 20.3 Å². The maximum atomic E-state index is 8.80. The minimum atomic E-state index is -0.184. The van der Waals surface area contributed by atoms with Crippen LogP contribution in [0.5, 0.6) is 5.75 Å². The Morgan fingerprint density at radius 3 is 2.73 bits per heavy atom. The third kappa shape index (κ3) is 3.60. The van der Waals surface area contributed by atoms with E-state index in [0.29, 0.717) is 5.57 Å². The average Bonchev–Trinajstić information content (AvgIpc) is 2.31. The topological polar surface area (TPSA) is 49.7 Å². The lowest BCUT2D eigenvalue weighted by atomic mass is 10.2. The van der Waals surface area contributed by atoms with E-state index in [1.807, 2.05) is 24.3 Å². The SMILES string of the molecule is COc1cccc(C=C=C(CO)CO)c1. The molecule has 2 N–H and O–H groups in total. The van der Waals surface area contributed by atoms with Crippen LogP contribution in [0.3, 0.4) is 0 Å². The van der Waals surface area contributed by atoms with Gasteiger partial charge in [0.25, 0.3) is 0 Å². The zero-order chi connectivity index (χ0) is 11.1. The lowest BCUT2D eigenvalue weighted by Crippen LogP contribution is -1.93. The van der Waals surface area contributed by atoms with Crippen LogP contribution in [0.15, 0.2) is 35.6 Å². The molecule has 0 fully saturated rings. The number of aliphatic hydroxyl groups is 2. The van der Waals surface area contributed by atoms with Gasteiger partial charge in [0.1, 0.15) is 5.75 Å². The van der Waals surface area contributed by atoms with Gasteiger partial charge in [-0.15, -0.1) is 5.73 Å². The smallest absolute Gasteiger partial charge is 0.119 e. The second kappa shape index (κ2) is 6.04. The van der Waals surface area contributed by atoms with E-state index < -0.39 is 0 Å². The van der Waals surface area contributed by atoms with Crippen LogP contribution in [0.2, 0.25) is 0 Å². The summed E-state index contributed by atoms with van der Waals surface area (Å²) in [6, 6.07) is 7.45. The summed E-state index contributed by atoms with van der Waals surface area (Å²) in [4.78, 5) is 0. The normalized spacial score (nSPS) is 9.27. The quantitative estimate of drug-likeness (QED) is 0.728. The Kier molecular flexibility index (Phi) is 4.64. The van der Waals surface area contributed by atoms with E-state index in [1.165, 1.54) is 0 Å². The predicted molar refractivity (Wildman–Crippen MR) is 58.7 cm³/mol. The molecular formula is C12H14O3. The van der Waals surface area contributed by atoms with Crippen molar-refractivity contribution in [2.45, 2.75) is 0 Å². The molecule has 0 amide bonds. The molecule has 80 valence electrons. The molecule has 3 nitrogen and oxygen atoms in total. The summed E-state index contributed by atoms with van der Waals surface area (Å²) in [5, 5.41) is 17.6. The second-order valence-electron chi connectivity index (χ2n) is 2.99. The van der Waals surface area contributed by atoms with Gasteiger partial charge in [-0.1, -0.05) is 12.1 Å². The summed E-state index contributed by atoms with van der Waals surface area (Å²) in [7, 11) is 1.60. The van der Waals surface area contributed by atoms with Crippen molar-refractivity contribution in [1.29, 1.82) is 0 Å². The summed E-state index contributed by atoms with van der Waals surface area (Å²) in [6.07, 6.45) is 1.70. The molecule has 0 heterocycles. The lowest BCUT2D eigenvalue weighted by molar-refractivity contribution is 0.277. The van der Waals surface area contributed by atoms with Crippen molar-refractivity contribution in [1.82, 2.24) is 0 Å². The Balaban J connectivity index is 2.92. The summed E-state index contributed by atoms with van der Waals surface area (Å²) < 4.78 is 5.06. The number of rotatable bonds is 4. The Bertz CT molecular complexity index is 370. The standard InChI is InChI=1S/C12H14O3/c1-15-12-4-2-3-10(7-12)5-6-11(8-13)9-14/h2-5,7,13-14H,8-9H2,1H3. The molecule has 0 atom stereocenters. The van der Waals surface area contributed by atoms with Crippen molar-refractivity contribution in [2.24, 2.45) is 0 Å². The zero-order valence-electron chi connectivity index (χ0n) is 8.60. The minimum Gasteiger partial charge on any atom is -0.497 e. The predicted octanol–water partition coefficient (Wildman–Crippen LogP) is 1.22. The molecule has 0 aliphatic carbocycles. The molecule has 1 aromatic rings. The molecule has 1 rings (SSSR count). The summed E-state index contributed by atoms with van der Waals surface area (Å²) in [6.45, 7) is -0.367. The molecule has 1 aromatic carbocycles. The van der Waals surface area contributed by atoms with Crippen LogP contribution in [-0.4, -0.2) is 30.5 Å². The van der Waals surface area contributed by atoms with Crippen LogP contribution in [0, 0.1) is 0 Å². The molecule has 0 bridgehead atoms. The fourth-order valence-corrected chi connectivity index (χ4v) is 1.06. The first-order valence-electron chi connectivity index (χ1n) is 4.60. The molecule has 0 aromatic heterocycles. The van der Waals surface area contributed by atoms with E-state index in [9.17, 15) is 0 Å². The number of aliphatic hydroxyl groups excluding tert-OH is 2. The molecule has 3 heteroatoms. The molecule has 0 spiro atoms. The molecule has 15 heavy (non-hydrogen) atoms. The number of ether oxygens (including phenoxy) is 1. The number of hydrogen-bond acceptors (Lipinski definition) is 3. The number of benzene rings is 1. The highest BCUT2D eigenvalue weighted by molar-refractivity contribution is 5.51. The Hall–Kier alpha value is -1.54. The summed E-state index contributed by atoms with van der Waals surface area (Å²) in [5.74, 6) is 0.764. The van der Waals surface area contributed by atoms with Crippen molar-refractivity contribution < 1.29 is 14.9 Å². The summed E-state index contributed by atoms with van der Waals surface area (Å²) in [5.41, 5.74) is 4.19. The van der Waals surface area contributed by atoms with Gasteiger partial charge in [-0.3, -0.25) is 0 Å². The van der Waals surface area contributed by atoms with Crippen molar-refractivity contribution in [3.05, 3.63) is 41.1 Å². The van der Waals surface area contributed by atoms with Gasteiger partial charge >= 0.3 is 0 Å². The third-order valence-corrected chi connectivity index (χ3v) is 1.92. The van der Waals surface area contributed by atoms with E-state index in [2.05, 4.69) is 5.73 Å². The maximum absolute atomic E-state index is 8.80. The number of hydrogen-bond donors (Lipinski definition) is 2. The highest BCUT2D eigenvalue weighted by Crippen LogP contribution is 2.13. The minimum absolute atomic E-state index is 0.184. The van der Waals surface area contributed by atoms with Gasteiger partial charge in [-0.05, 0) is 23.8 Å². The van der Waals surface area contributed by atoms with Gasteiger partial charge in [0.05, 0.1) is 20.3 Å². The van der Waals surface area contributed by atoms with Crippen LogP contribution in [0.1, 0.15) is 5.56 Å². The lowest BCUT2D eigenvalue weighted by Gasteiger charge is -1.99. The molecule has 0 aliphatic heterocycles. The Labute approximate surface area is 88.9 Å². The first-order chi connectivity index (χ1) is 7.30. The average molecular weight is 206 g/mol. The van der Waals surface area contributed by atoms with Gasteiger partial charge in [0.15, 0.2) is 0 Å². The highest BCUT2D eigenvalue weighted by atomic mass is 16.5. The molecule has 0 radical (unpaired) electrons. The first kappa shape index (κ1) is 11.5. The molecule has 0 aliphatic rings. The summed E-state index contributed by atoms with van der Waals surface area (Å²) >= 11 is 0. The van der Waals surface area contributed by atoms with Crippen LogP contribution in [-0.2, 0) is 0 Å². The number of methoxy groups -OCH3 is 1. The van der Waals surface area contributed by atoms with Gasteiger partial charge in [0.2, 0.25) is 0 Å². The van der Waals surface area contributed by atoms with Crippen molar-refractivity contribution in [3.63, 3.8) is 0 Å². The monoisotopic (exact) mass is 206 g/mol. The molecule has 0 saturated carbocycles. The first-order valence-corrected chi connectivity index (χ1v) is 4.60. The van der Waals surface area contributed by atoms with Crippen LogP contribution in [0.4, 0.5) is 0 Å². The van der Waals surface area contributed by atoms with E-state index >= 15 is 0 Å². The van der Waals surface area contributed by atoms with Crippen molar-refractivity contribution in [3.8, 4) is 5.75 Å². The zero-order valence-corrected chi connectivity index (χ0v) is 8.60. The Morgan fingerprint density at radius 2 is 2.13 bits per heavy atom. The second-order valence-corrected chi connectivity index (χ2v) is 2.99. The fraction of sp³-hybridized carbons (Fsp3) is 0.250. The van der Waals surface area contributed by atoms with Crippen LogP contribution >= 0.6 is 0 Å². The maximum Gasteiger partial charge on any atom is 0.119 e. The van der Waals surface area contributed by atoms with Gasteiger partial charge < -0.3 is 14.9 Å². The Morgan fingerprint density at radius 1 is 1.40 bits per heavy atom. The van der Waals surface area contributed by atoms with Gasteiger partial charge in [-0.25, -0.2) is 0 Å². The highest BCUT2D eigenvalue weighted by Gasteiger charge is 1.92. The molecular weight excluding hydrogens is 192 g/mol. The van der Waals surface area contributed by atoms with Crippen LogP contribution < -0.4 is 4.74 Å². The van der Waals surface area contributed by atoms with E-state index in [0.717, 1.165) is 11.3 Å². The van der Waals surface area contributed by atoms with E-state index in [4.69, 9.17) is 14.9 Å². The fourth-order valence-electron chi connectivity index (χ4n) is 1.06. The largest absolute Gasteiger partial charge is 0.497 e. The molecule has 0 saturated heterocycles. The van der Waals surface area contributed by atoms with E-state index in [-0.39, 0.29) is 13.2 Å². The van der Waals surface area contributed by atoms with Crippen LogP contribution in [0.25, 0.3) is 6.08 Å². The van der Waals surface area contributed by atoms with Gasteiger partial charge in [-0.2, -0.15) is 0 Å². The van der Waals surface area contributed by atoms with Gasteiger partial charge in [0, 0.05) is 5.57 Å². The third-order valence-electron chi connectivity index (χ3n) is 1.92.